The fourth-order valence-electron chi connectivity index (χ4n) is 17.1. The monoisotopic (exact) mass is 2010 g/mol. The minimum atomic E-state index is -6.05. The zero-order chi connectivity index (χ0) is 101. The summed E-state index contributed by atoms with van der Waals surface area (Å²) < 4.78 is 128. The van der Waals surface area contributed by atoms with Crippen molar-refractivity contribution in [3.8, 4) is 34.5 Å². The van der Waals surface area contributed by atoms with Crippen molar-refractivity contribution in [3.63, 3.8) is 0 Å². The molecular weight excluding hydrogens is 1880 g/mol. The number of hydrogen-bond acceptors (Lipinski definition) is 22. The van der Waals surface area contributed by atoms with Crippen LogP contribution in [0.4, 0.5) is 41.6 Å². The van der Waals surface area contributed by atoms with Gasteiger partial charge in [-0.25, -0.2) is 0 Å². The SMILES string of the molecule is COc1cc2c(cc1OCCCCCOc1cc3c(cc1C)C(=O)N1C=C(OS(=O)(=O)C(F)(F)F)C[C@H]1C(=O)N3COCC[Si](C)(C)C)N(COCC[Si](C)(C)C)C(=O)[C@@H]1CC(C)=CN1C2=O.COc1cc2c(cc1OCCCCCOc1cc3c(cc1C)C(=O)N1C=C(c4ccc(N)cc4)C[C@H]1C(=O)N3COCC[Si](C)(C)C)N(COCC[Si](C)(C)C)C(=O)[C@@H]1CC(c3ccc(C)cc3)=CN1C2=O. The van der Waals surface area contributed by atoms with Gasteiger partial charge in [-0.3, -0.25) is 62.9 Å². The number of hydrogen-bond donors (Lipinski definition) is 1. The van der Waals surface area contributed by atoms with Crippen molar-refractivity contribution in [2.45, 2.75) is 224 Å². The van der Waals surface area contributed by atoms with Gasteiger partial charge in [-0.1, -0.05) is 126 Å². The molecule has 4 atom stereocenters. The predicted octanol–water partition coefficient (Wildman–Crippen LogP) is 18.3. The molecule has 8 amide bonds. The van der Waals surface area contributed by atoms with E-state index < -0.39 is 96.1 Å². The number of fused-ring (bicyclic) bond motifs is 8. The zero-order valence-corrected chi connectivity index (χ0v) is 87.8. The number of benzene rings is 6. The van der Waals surface area contributed by atoms with E-state index in [4.69, 9.17) is 53.1 Å². The number of halogens is 3. The van der Waals surface area contributed by atoms with E-state index in [1.165, 1.54) is 27.9 Å². The van der Waals surface area contributed by atoms with Crippen molar-refractivity contribution in [1.82, 2.24) is 19.6 Å². The maximum absolute atomic E-state index is 14.5. The second kappa shape index (κ2) is 44.0. The van der Waals surface area contributed by atoms with Gasteiger partial charge in [0.05, 0.1) is 85.7 Å². The Kier molecular flexibility index (Phi) is 33.3. The van der Waals surface area contributed by atoms with Gasteiger partial charge in [0.1, 0.15) is 68.3 Å². The highest BCUT2D eigenvalue weighted by Crippen LogP contribution is 2.47. The van der Waals surface area contributed by atoms with Crippen LogP contribution in [0.2, 0.25) is 103 Å². The standard InChI is InChI=1S/C56H71N5O9Si2.C45H61F3N4O12SSi2/c1-37-13-15-39(16-14-37)41-28-49-56(65)61(36-68-24-26-72(7,8)9)47-32-52(51(66-3)30-45(47)54(63)59(49)33-41)70-22-12-10-11-21-69-50-31-46-44(27-38(50)2)53(62)58-34-42(40-17-19-43(57)20-18-40)29-48(58)55(64)60(46)35-67-23-25-71(4,5)6;1-29-19-36-43(55)52(28-61-16-18-67(7,8)9)35-24-40(39(59-3)22-33(35)42(54)49(36)25-29)63-14-12-10-11-13-62-38-23-34-32(20-30(38)2)41(53)50-26-31(64-65(57,58)45(46,47)48)21-37(50)44(56)51(34)27-60-15-17-66(4,5)6/h13-20,27,30-34,48-49H,10-12,21-26,28-29,35-36,57H2,1-9H3;20,22-26,36-37H,10-19,21,27-28H2,1-9H3/t48-,49-;36-,37-/m00/s1. The molecule has 14 rings (SSSR count). The molecule has 0 radical (unpaired) electrons. The van der Waals surface area contributed by atoms with Crippen LogP contribution in [0.3, 0.4) is 0 Å². The molecule has 8 aliphatic rings. The van der Waals surface area contributed by atoms with E-state index in [2.05, 4.69) is 82.7 Å². The fourth-order valence-corrected chi connectivity index (χ4v) is 20.6. The number of unbranched alkanes of at least 4 members (excludes halogenated alkanes) is 4. The number of nitrogens with zero attached hydrogens (tertiary/aromatic N) is 8. The predicted molar refractivity (Wildman–Crippen MR) is 538 cm³/mol. The van der Waals surface area contributed by atoms with E-state index in [0.29, 0.717) is 171 Å². The Bertz CT molecular complexity index is 5870. The van der Waals surface area contributed by atoms with Crippen molar-refractivity contribution < 1.29 is 111 Å². The van der Waals surface area contributed by atoms with Crippen LogP contribution in [0.25, 0.3) is 11.1 Å². The Hall–Kier alpha value is -11.1. The first kappa shape index (κ1) is 105. The molecular formula is C101H132F3N9O21SSi4. The molecule has 0 aromatic heterocycles. The molecule has 8 heterocycles. The lowest BCUT2D eigenvalue weighted by Gasteiger charge is -2.27. The minimum Gasteiger partial charge on any atom is -0.493 e. The third-order valence-electron chi connectivity index (χ3n) is 25.4. The Morgan fingerprint density at radius 1 is 0.367 bits per heavy atom. The third kappa shape index (κ3) is 25.4. The summed E-state index contributed by atoms with van der Waals surface area (Å²) in [4.78, 5) is 125. The molecule has 8 aliphatic heterocycles. The van der Waals surface area contributed by atoms with Crippen LogP contribution in [0.15, 0.2) is 133 Å². The first-order chi connectivity index (χ1) is 65.6. The van der Waals surface area contributed by atoms with Gasteiger partial charge in [-0.05, 0) is 167 Å². The van der Waals surface area contributed by atoms with E-state index in [0.717, 1.165) is 80.7 Å². The molecule has 6 aromatic carbocycles. The summed E-state index contributed by atoms with van der Waals surface area (Å²) >= 11 is 0. The molecule has 0 saturated carbocycles. The van der Waals surface area contributed by atoms with Crippen LogP contribution >= 0.6 is 0 Å². The Labute approximate surface area is 816 Å². The first-order valence-electron chi connectivity index (χ1n) is 47.4. The highest BCUT2D eigenvalue weighted by molar-refractivity contribution is 7.87. The molecule has 2 N–H and O–H groups in total. The summed E-state index contributed by atoms with van der Waals surface area (Å²) in [5.41, 5.74) is 10.5. The lowest BCUT2D eigenvalue weighted by Crippen LogP contribution is -2.45. The number of amides is 8. The largest absolute Gasteiger partial charge is 0.534 e. The number of carbonyl (C=O) groups is 8. The summed E-state index contributed by atoms with van der Waals surface area (Å²) in [6, 6.07) is 29.0. The highest BCUT2D eigenvalue weighted by Gasteiger charge is 2.53. The summed E-state index contributed by atoms with van der Waals surface area (Å²) in [5.74, 6) is -1.17. The van der Waals surface area contributed by atoms with Crippen molar-refractivity contribution >= 4 is 129 Å². The van der Waals surface area contributed by atoms with Gasteiger partial charge in [0.25, 0.3) is 47.3 Å². The van der Waals surface area contributed by atoms with Crippen LogP contribution in [0.1, 0.15) is 140 Å². The number of anilines is 5. The van der Waals surface area contributed by atoms with Crippen LogP contribution in [-0.2, 0) is 52.4 Å². The van der Waals surface area contributed by atoms with Gasteiger partial charge >= 0.3 is 15.6 Å². The summed E-state index contributed by atoms with van der Waals surface area (Å²) in [6.07, 6.45) is 10.8. The minimum absolute atomic E-state index is 0.00283. The maximum Gasteiger partial charge on any atom is 0.534 e. The number of methoxy groups -OCH3 is 2. The van der Waals surface area contributed by atoms with Crippen LogP contribution in [-0.4, -0.2) is 231 Å². The summed E-state index contributed by atoms with van der Waals surface area (Å²) in [7, 11) is -8.78. The smallest absolute Gasteiger partial charge is 0.493 e. The quantitative estimate of drug-likeness (QED) is 0.0122. The Morgan fingerprint density at radius 3 is 1.01 bits per heavy atom. The summed E-state index contributed by atoms with van der Waals surface area (Å²) in [6.45, 7) is 37.3. The van der Waals surface area contributed by atoms with E-state index in [1.54, 1.807) is 76.4 Å². The molecule has 750 valence electrons. The Morgan fingerprint density at radius 2 is 0.669 bits per heavy atom. The van der Waals surface area contributed by atoms with Crippen molar-refractivity contribution in [3.05, 3.63) is 183 Å². The molecule has 139 heavy (non-hydrogen) atoms. The number of carbonyl (C=O) groups excluding carboxylic acids is 8. The maximum atomic E-state index is 14.5. The van der Waals surface area contributed by atoms with E-state index in [1.807, 2.05) is 87.6 Å². The van der Waals surface area contributed by atoms with E-state index >= 15 is 0 Å². The number of alkyl halides is 3. The van der Waals surface area contributed by atoms with Crippen molar-refractivity contribution in [2.24, 2.45) is 0 Å². The van der Waals surface area contributed by atoms with Crippen LogP contribution < -0.4 is 53.8 Å². The third-order valence-corrected chi connectivity index (χ3v) is 33.2. The van der Waals surface area contributed by atoms with E-state index in [-0.39, 0.29) is 86.8 Å². The van der Waals surface area contributed by atoms with Gasteiger partial charge in [0, 0.05) is 133 Å². The van der Waals surface area contributed by atoms with Gasteiger partial charge in [-0.15, -0.1) is 0 Å². The Balaban J connectivity index is 0.000000235. The average Bonchev–Trinajstić information content (AvgIpc) is 1.58. The molecule has 6 aromatic rings. The lowest BCUT2D eigenvalue weighted by molar-refractivity contribution is -0.123. The fraction of sp³-hybridized carbons (Fsp3) is 0.485. The lowest BCUT2D eigenvalue weighted by atomic mass is 10.0. The van der Waals surface area contributed by atoms with Gasteiger partial charge in [0.15, 0.2) is 23.0 Å². The van der Waals surface area contributed by atoms with E-state index in [9.17, 15) is 59.9 Å². The van der Waals surface area contributed by atoms with Gasteiger partial charge in [-0.2, -0.15) is 21.6 Å². The van der Waals surface area contributed by atoms with Gasteiger partial charge < -0.3 is 72.0 Å². The number of nitrogen functional groups attached to an aromatic ring is 1. The van der Waals surface area contributed by atoms with Gasteiger partial charge in [0.2, 0.25) is 0 Å². The molecule has 0 spiro atoms. The normalized spacial score (nSPS) is 18.3. The average molecular weight is 2010 g/mol. The highest BCUT2D eigenvalue weighted by atomic mass is 32.2. The van der Waals surface area contributed by atoms with Crippen molar-refractivity contribution in [1.29, 1.82) is 0 Å². The molecule has 0 fully saturated rings. The number of aryl methyl sites for hydroxylation is 3. The summed E-state index contributed by atoms with van der Waals surface area (Å²) in [5, 5.41) is 0. The number of rotatable bonds is 42. The van der Waals surface area contributed by atoms with Crippen LogP contribution in [0, 0.1) is 20.8 Å². The second-order valence-electron chi connectivity index (χ2n) is 41.4. The molecule has 0 unspecified atom stereocenters. The number of nitrogens with two attached hydrogens (primary N) is 1. The zero-order valence-electron chi connectivity index (χ0n) is 83.0. The molecule has 0 aliphatic carbocycles. The second-order valence-corrected chi connectivity index (χ2v) is 65.4. The molecule has 38 heteroatoms. The topological polar surface area (TPSA) is 324 Å². The van der Waals surface area contributed by atoms with Crippen molar-refractivity contribution in [2.75, 3.05) is 119 Å². The first-order valence-corrected chi connectivity index (χ1v) is 63.7. The van der Waals surface area contributed by atoms with Crippen LogP contribution in [0.5, 0.6) is 34.5 Å². The molecule has 30 nitrogen and oxygen atoms in total. The molecule has 0 saturated heterocycles. The number of ether oxygens (including phenoxy) is 10. The molecule has 0 bridgehead atoms.